The van der Waals surface area contributed by atoms with Crippen LogP contribution in [0.5, 0.6) is 0 Å². The number of cyclic esters (lactones) is 1. The van der Waals surface area contributed by atoms with Crippen LogP contribution in [0.15, 0.2) is 23.2 Å². The molecule has 0 amide bonds. The van der Waals surface area contributed by atoms with E-state index < -0.39 is 54.2 Å². The molecule has 0 saturated carbocycles. The Hall–Kier alpha value is -0.890. The van der Waals surface area contributed by atoms with E-state index in [1.54, 1.807) is 51.5 Å². The second kappa shape index (κ2) is 14.3. The Bertz CT molecular complexity index is 854. The molecule has 3 saturated heterocycles. The molecular formula is C28H45BrO10. The van der Waals surface area contributed by atoms with Gasteiger partial charge in [0.2, 0.25) is 0 Å². The van der Waals surface area contributed by atoms with E-state index in [1.165, 1.54) is 0 Å². The number of rotatable bonds is 7. The van der Waals surface area contributed by atoms with E-state index >= 15 is 0 Å². The van der Waals surface area contributed by atoms with Crippen LogP contribution in [0.4, 0.5) is 0 Å². The van der Waals surface area contributed by atoms with Crippen LogP contribution in [0.2, 0.25) is 0 Å². The Kier molecular flexibility index (Phi) is 12.0. The molecule has 3 heterocycles. The number of ether oxygens (including phenoxy) is 7. The SMILES string of the molecule is COC1C(C)OC(OC2CC3CCC(C)C(O)CC(C)(C=CC=CBr)OC(=O)CC(O)(C2)O3)C(OC)C1OC. The first-order chi connectivity index (χ1) is 18.5. The van der Waals surface area contributed by atoms with E-state index in [0.29, 0.717) is 19.3 Å². The van der Waals surface area contributed by atoms with Crippen molar-refractivity contribution in [2.75, 3.05) is 21.3 Å². The molecular weight excluding hydrogens is 576 g/mol. The average molecular weight is 622 g/mol. The molecule has 2 bridgehead atoms. The summed E-state index contributed by atoms with van der Waals surface area (Å²) in [6, 6.07) is 0. The average Bonchev–Trinajstić information content (AvgIpc) is 2.85. The van der Waals surface area contributed by atoms with Crippen molar-refractivity contribution in [2.24, 2.45) is 5.92 Å². The molecule has 11 unspecified atom stereocenters. The number of aliphatic hydroxyl groups is 2. The number of carbonyl (C=O) groups is 1. The first-order valence-corrected chi connectivity index (χ1v) is 14.5. The van der Waals surface area contributed by atoms with Crippen molar-refractivity contribution in [3.05, 3.63) is 23.2 Å². The number of aliphatic hydroxyl groups excluding tert-OH is 1. The van der Waals surface area contributed by atoms with Crippen molar-refractivity contribution < 1.29 is 48.2 Å². The standard InChI is InChI=1S/C28H45BrO10/c1-17-9-10-19-13-20(37-26-25(35-6)24(34-5)23(33-4)18(2)36-26)14-28(32,38-19)16-22(31)39-27(3,15-21(17)30)11-7-8-12-29/h7-8,11-12,17-21,23-26,30,32H,9-10,13-16H2,1-6H3. The maximum absolute atomic E-state index is 13.1. The smallest absolute Gasteiger partial charge is 0.312 e. The summed E-state index contributed by atoms with van der Waals surface area (Å²) in [4.78, 5) is 14.8. The number of fused-ring (bicyclic) bond motifs is 2. The van der Waals surface area contributed by atoms with E-state index in [0.717, 1.165) is 0 Å². The highest BCUT2D eigenvalue weighted by Gasteiger charge is 2.50. The predicted molar refractivity (Wildman–Crippen MR) is 146 cm³/mol. The molecule has 11 atom stereocenters. The fourth-order valence-corrected chi connectivity index (χ4v) is 6.05. The Morgan fingerprint density at radius 1 is 1.03 bits per heavy atom. The highest BCUT2D eigenvalue weighted by atomic mass is 79.9. The van der Waals surface area contributed by atoms with Crippen LogP contribution in [0.3, 0.4) is 0 Å². The summed E-state index contributed by atoms with van der Waals surface area (Å²) < 4.78 is 41.4. The highest BCUT2D eigenvalue weighted by Crippen LogP contribution is 2.38. The second-order valence-electron chi connectivity index (χ2n) is 11.2. The molecule has 3 rings (SSSR count). The van der Waals surface area contributed by atoms with E-state index in [4.69, 9.17) is 33.2 Å². The number of methoxy groups -OCH3 is 3. The number of esters is 1. The minimum absolute atomic E-state index is 0.0473. The summed E-state index contributed by atoms with van der Waals surface area (Å²) >= 11 is 3.22. The number of allylic oxidation sites excluding steroid dienone is 2. The normalized spacial score (nSPS) is 44.6. The van der Waals surface area contributed by atoms with Crippen molar-refractivity contribution >= 4 is 21.9 Å². The van der Waals surface area contributed by atoms with Gasteiger partial charge in [0.1, 0.15) is 23.9 Å². The lowest BCUT2D eigenvalue weighted by atomic mass is 9.86. The number of hydrogen-bond acceptors (Lipinski definition) is 10. The molecule has 0 spiro atoms. The topological polar surface area (TPSA) is 122 Å². The molecule has 224 valence electrons. The third kappa shape index (κ3) is 8.56. The van der Waals surface area contributed by atoms with Crippen LogP contribution >= 0.6 is 15.9 Å². The third-order valence-corrected chi connectivity index (χ3v) is 8.25. The van der Waals surface area contributed by atoms with Gasteiger partial charge in [-0.2, -0.15) is 0 Å². The summed E-state index contributed by atoms with van der Waals surface area (Å²) in [5.74, 6) is -2.51. The van der Waals surface area contributed by atoms with Crippen LogP contribution in [-0.4, -0.2) is 97.9 Å². The Labute approximate surface area is 240 Å². The molecule has 3 aliphatic heterocycles. The first-order valence-electron chi connectivity index (χ1n) is 13.6. The van der Waals surface area contributed by atoms with Crippen LogP contribution in [0, 0.1) is 5.92 Å². The molecule has 39 heavy (non-hydrogen) atoms. The van der Waals surface area contributed by atoms with Crippen molar-refractivity contribution in [1.82, 2.24) is 0 Å². The molecule has 2 N–H and O–H groups in total. The summed E-state index contributed by atoms with van der Waals surface area (Å²) in [6.45, 7) is 5.59. The zero-order chi connectivity index (χ0) is 28.8. The quantitative estimate of drug-likeness (QED) is 0.323. The van der Waals surface area contributed by atoms with Gasteiger partial charge in [0.15, 0.2) is 12.1 Å². The summed E-state index contributed by atoms with van der Waals surface area (Å²) in [6.07, 6.45) is 2.81. The van der Waals surface area contributed by atoms with E-state index in [1.807, 2.05) is 13.8 Å². The fourth-order valence-electron chi connectivity index (χ4n) is 5.87. The molecule has 0 aliphatic carbocycles. The zero-order valence-corrected chi connectivity index (χ0v) is 25.4. The largest absolute Gasteiger partial charge is 0.455 e. The summed E-state index contributed by atoms with van der Waals surface area (Å²) in [5, 5.41) is 22.4. The minimum Gasteiger partial charge on any atom is -0.455 e. The first kappa shape index (κ1) is 32.6. The fraction of sp³-hybridized carbons (Fsp3) is 0.821. The lowest BCUT2D eigenvalue weighted by Gasteiger charge is -2.47. The lowest BCUT2D eigenvalue weighted by Crippen LogP contribution is -2.60. The van der Waals surface area contributed by atoms with Gasteiger partial charge in [-0.05, 0) is 43.7 Å². The van der Waals surface area contributed by atoms with Gasteiger partial charge < -0.3 is 43.4 Å². The third-order valence-electron chi connectivity index (χ3n) is 7.94. The van der Waals surface area contributed by atoms with Crippen LogP contribution < -0.4 is 0 Å². The molecule has 0 aromatic rings. The zero-order valence-electron chi connectivity index (χ0n) is 23.8. The van der Waals surface area contributed by atoms with Gasteiger partial charge in [0, 0.05) is 40.6 Å². The molecule has 0 aromatic heterocycles. The molecule has 3 aliphatic rings. The molecule has 10 nitrogen and oxygen atoms in total. The van der Waals surface area contributed by atoms with Gasteiger partial charge in [-0.3, -0.25) is 4.79 Å². The predicted octanol–water partition coefficient (Wildman–Crippen LogP) is 3.37. The van der Waals surface area contributed by atoms with Crippen LogP contribution in [0.25, 0.3) is 0 Å². The minimum atomic E-state index is -1.79. The van der Waals surface area contributed by atoms with Crippen molar-refractivity contribution in [1.29, 1.82) is 0 Å². The molecule has 0 radical (unpaired) electrons. The van der Waals surface area contributed by atoms with Gasteiger partial charge in [-0.15, -0.1) is 0 Å². The van der Waals surface area contributed by atoms with E-state index in [-0.39, 0.29) is 37.4 Å². The van der Waals surface area contributed by atoms with Gasteiger partial charge in [0.25, 0.3) is 0 Å². The van der Waals surface area contributed by atoms with Crippen LogP contribution in [0.1, 0.15) is 59.3 Å². The van der Waals surface area contributed by atoms with Gasteiger partial charge in [-0.25, -0.2) is 0 Å². The van der Waals surface area contributed by atoms with Gasteiger partial charge in [-0.1, -0.05) is 35.0 Å². The Morgan fingerprint density at radius 2 is 1.72 bits per heavy atom. The van der Waals surface area contributed by atoms with Crippen LogP contribution in [-0.2, 0) is 38.0 Å². The highest BCUT2D eigenvalue weighted by molar-refractivity contribution is 9.11. The molecule has 0 aromatic carbocycles. The maximum atomic E-state index is 13.1. The molecule has 3 fully saturated rings. The summed E-state index contributed by atoms with van der Waals surface area (Å²) in [7, 11) is 4.74. The van der Waals surface area contributed by atoms with E-state index in [9.17, 15) is 15.0 Å². The summed E-state index contributed by atoms with van der Waals surface area (Å²) in [5.41, 5.74) is -1.07. The van der Waals surface area contributed by atoms with Crippen molar-refractivity contribution in [2.45, 2.75) is 120 Å². The Morgan fingerprint density at radius 3 is 2.36 bits per heavy atom. The lowest BCUT2D eigenvalue weighted by molar-refractivity contribution is -0.339. The number of carbonyl (C=O) groups excluding carboxylic acids is 1. The number of halogens is 1. The van der Waals surface area contributed by atoms with Crippen molar-refractivity contribution in [3.63, 3.8) is 0 Å². The Balaban J connectivity index is 1.82. The van der Waals surface area contributed by atoms with Gasteiger partial charge in [0.05, 0.1) is 30.8 Å². The number of hydrogen-bond donors (Lipinski definition) is 2. The van der Waals surface area contributed by atoms with E-state index in [2.05, 4.69) is 15.9 Å². The monoisotopic (exact) mass is 620 g/mol. The van der Waals surface area contributed by atoms with Gasteiger partial charge >= 0.3 is 5.97 Å². The second-order valence-corrected chi connectivity index (χ2v) is 11.7. The van der Waals surface area contributed by atoms with Crippen molar-refractivity contribution in [3.8, 4) is 0 Å². The molecule has 11 heteroatoms. The maximum Gasteiger partial charge on any atom is 0.312 e.